The van der Waals surface area contributed by atoms with E-state index in [-0.39, 0.29) is 35.6 Å². The molecule has 0 fully saturated rings. The molecule has 0 saturated heterocycles. The standard InChI is InChI=1S/C23H15F7N2O3/c24-20-16(23(28,29)30)4-3-15(19(20)21(34)32-12-5-7-31-18(33)10-12)13-6-8-35-17-9-11(22(25,26)27)1-2-14(13)17/h1-5,7,9-10,13H,6,8H2,(H2,31,32,33,34). The molecular formula is C23H15F7N2O3. The summed E-state index contributed by atoms with van der Waals surface area (Å²) in [4.78, 5) is 26.8. The Hall–Kier alpha value is -3.83. The van der Waals surface area contributed by atoms with Crippen molar-refractivity contribution >= 4 is 11.6 Å². The first-order chi connectivity index (χ1) is 16.4. The van der Waals surface area contributed by atoms with E-state index in [1.165, 1.54) is 12.3 Å². The second kappa shape index (κ2) is 8.75. The van der Waals surface area contributed by atoms with Crippen molar-refractivity contribution in [2.75, 3.05) is 11.9 Å². The summed E-state index contributed by atoms with van der Waals surface area (Å²) in [5.41, 5.74) is -4.33. The normalized spacial score (nSPS) is 15.8. The number of hydrogen-bond donors (Lipinski definition) is 2. The summed E-state index contributed by atoms with van der Waals surface area (Å²) in [6, 6.07) is 6.22. The number of aromatic nitrogens is 1. The number of alkyl halides is 6. The highest BCUT2D eigenvalue weighted by Crippen LogP contribution is 2.44. The number of carbonyl (C=O) groups is 1. The van der Waals surface area contributed by atoms with Crippen LogP contribution in [0.2, 0.25) is 0 Å². The molecule has 0 spiro atoms. The van der Waals surface area contributed by atoms with Gasteiger partial charge in [0.05, 0.1) is 23.3 Å². The first-order valence-corrected chi connectivity index (χ1v) is 10.1. The van der Waals surface area contributed by atoms with E-state index in [4.69, 9.17) is 4.74 Å². The zero-order valence-corrected chi connectivity index (χ0v) is 17.5. The minimum atomic E-state index is -5.11. The molecule has 1 amide bonds. The van der Waals surface area contributed by atoms with Crippen molar-refractivity contribution in [1.82, 2.24) is 4.98 Å². The zero-order chi connectivity index (χ0) is 25.5. The van der Waals surface area contributed by atoms with Crippen molar-refractivity contribution < 1.29 is 40.3 Å². The molecule has 2 heterocycles. The zero-order valence-electron chi connectivity index (χ0n) is 17.5. The van der Waals surface area contributed by atoms with Crippen LogP contribution in [0, 0.1) is 5.82 Å². The quantitative estimate of drug-likeness (QED) is 0.452. The highest BCUT2D eigenvalue weighted by atomic mass is 19.4. The minimum Gasteiger partial charge on any atom is -0.493 e. The van der Waals surface area contributed by atoms with E-state index < -0.39 is 52.2 Å². The molecule has 2 aromatic carbocycles. The number of pyridine rings is 1. The average molecular weight is 500 g/mol. The third-order valence-corrected chi connectivity index (χ3v) is 5.50. The molecule has 1 aliphatic heterocycles. The van der Waals surface area contributed by atoms with Crippen LogP contribution in [-0.2, 0) is 12.4 Å². The molecule has 0 saturated carbocycles. The van der Waals surface area contributed by atoms with Gasteiger partial charge in [0.2, 0.25) is 5.56 Å². The number of aromatic amines is 1. The van der Waals surface area contributed by atoms with Gasteiger partial charge in [-0.05, 0) is 36.2 Å². The summed E-state index contributed by atoms with van der Waals surface area (Å²) >= 11 is 0. The number of nitrogens with one attached hydrogen (secondary N) is 2. The molecule has 0 radical (unpaired) electrons. The number of halogens is 7. The molecule has 5 nitrogen and oxygen atoms in total. The van der Waals surface area contributed by atoms with Crippen LogP contribution in [0.1, 0.15) is 45.0 Å². The Bertz CT molecular complexity index is 1350. The summed E-state index contributed by atoms with van der Waals surface area (Å²) in [5.74, 6) is -4.19. The molecule has 184 valence electrons. The molecule has 35 heavy (non-hydrogen) atoms. The Morgan fingerprint density at radius 3 is 2.34 bits per heavy atom. The van der Waals surface area contributed by atoms with Gasteiger partial charge in [-0.15, -0.1) is 0 Å². The predicted octanol–water partition coefficient (Wildman–Crippen LogP) is 5.72. The maximum absolute atomic E-state index is 15.2. The fourth-order valence-corrected chi connectivity index (χ4v) is 3.94. The van der Waals surface area contributed by atoms with E-state index in [0.29, 0.717) is 6.07 Å². The lowest BCUT2D eigenvalue weighted by Crippen LogP contribution is -2.24. The van der Waals surface area contributed by atoms with E-state index in [0.717, 1.165) is 30.3 Å². The third kappa shape index (κ3) is 4.86. The van der Waals surface area contributed by atoms with Crippen molar-refractivity contribution in [3.63, 3.8) is 0 Å². The summed E-state index contributed by atoms with van der Waals surface area (Å²) < 4.78 is 100. The van der Waals surface area contributed by atoms with Gasteiger partial charge >= 0.3 is 12.4 Å². The number of carbonyl (C=O) groups excluding carboxylic acids is 1. The van der Waals surface area contributed by atoms with Crippen LogP contribution in [0.15, 0.2) is 53.5 Å². The number of rotatable bonds is 3. The molecule has 1 aliphatic rings. The molecule has 0 aliphatic carbocycles. The van der Waals surface area contributed by atoms with E-state index in [9.17, 15) is 35.9 Å². The summed E-state index contributed by atoms with van der Waals surface area (Å²) in [5, 5.41) is 2.20. The fourth-order valence-electron chi connectivity index (χ4n) is 3.94. The summed E-state index contributed by atoms with van der Waals surface area (Å²) in [7, 11) is 0. The van der Waals surface area contributed by atoms with Crippen LogP contribution in [-0.4, -0.2) is 17.5 Å². The summed E-state index contributed by atoms with van der Waals surface area (Å²) in [6.07, 6.45) is -8.54. The lowest BCUT2D eigenvalue weighted by atomic mass is 9.82. The largest absolute Gasteiger partial charge is 0.493 e. The van der Waals surface area contributed by atoms with Crippen LogP contribution in [0.4, 0.5) is 36.4 Å². The Labute approximate surface area is 192 Å². The number of amides is 1. The van der Waals surface area contributed by atoms with Gasteiger partial charge in [-0.1, -0.05) is 12.1 Å². The number of H-pyrrole nitrogens is 1. The lowest BCUT2D eigenvalue weighted by molar-refractivity contribution is -0.140. The highest BCUT2D eigenvalue weighted by molar-refractivity contribution is 6.06. The van der Waals surface area contributed by atoms with Gasteiger partial charge < -0.3 is 15.0 Å². The smallest absolute Gasteiger partial charge is 0.419 e. The molecule has 3 aromatic rings. The van der Waals surface area contributed by atoms with Crippen LogP contribution < -0.4 is 15.6 Å². The average Bonchev–Trinajstić information content (AvgIpc) is 2.76. The molecule has 1 unspecified atom stereocenters. The lowest BCUT2D eigenvalue weighted by Gasteiger charge is -2.29. The fraction of sp³-hybridized carbons (Fsp3) is 0.217. The van der Waals surface area contributed by atoms with Gasteiger partial charge in [0.1, 0.15) is 11.6 Å². The van der Waals surface area contributed by atoms with Gasteiger partial charge in [-0.3, -0.25) is 9.59 Å². The number of ether oxygens (including phenoxy) is 1. The van der Waals surface area contributed by atoms with Crippen LogP contribution in [0.3, 0.4) is 0 Å². The maximum Gasteiger partial charge on any atom is 0.419 e. The molecule has 2 N–H and O–H groups in total. The number of hydrogen-bond acceptors (Lipinski definition) is 3. The van der Waals surface area contributed by atoms with Gasteiger partial charge in [0.25, 0.3) is 5.91 Å². The Morgan fingerprint density at radius 2 is 1.69 bits per heavy atom. The predicted molar refractivity (Wildman–Crippen MR) is 110 cm³/mol. The molecule has 0 bridgehead atoms. The highest BCUT2D eigenvalue weighted by Gasteiger charge is 2.39. The van der Waals surface area contributed by atoms with Crippen molar-refractivity contribution in [3.8, 4) is 5.75 Å². The Balaban J connectivity index is 1.85. The minimum absolute atomic E-state index is 0.0639. The van der Waals surface area contributed by atoms with Crippen LogP contribution >= 0.6 is 0 Å². The number of anilines is 1. The van der Waals surface area contributed by atoms with Crippen molar-refractivity contribution in [2.45, 2.75) is 24.7 Å². The molecule has 1 atom stereocenters. The van der Waals surface area contributed by atoms with E-state index in [2.05, 4.69) is 10.3 Å². The monoisotopic (exact) mass is 500 g/mol. The number of benzene rings is 2. The third-order valence-electron chi connectivity index (χ3n) is 5.50. The van der Waals surface area contributed by atoms with Crippen molar-refractivity contribution in [3.05, 3.63) is 92.6 Å². The maximum atomic E-state index is 15.2. The van der Waals surface area contributed by atoms with E-state index in [1.807, 2.05) is 0 Å². The number of fused-ring (bicyclic) bond motifs is 1. The topological polar surface area (TPSA) is 71.2 Å². The van der Waals surface area contributed by atoms with Crippen LogP contribution in [0.25, 0.3) is 0 Å². The molecular weight excluding hydrogens is 485 g/mol. The van der Waals surface area contributed by atoms with Crippen molar-refractivity contribution in [1.29, 1.82) is 0 Å². The summed E-state index contributed by atoms with van der Waals surface area (Å²) in [6.45, 7) is -0.114. The van der Waals surface area contributed by atoms with Gasteiger partial charge in [-0.25, -0.2) is 4.39 Å². The Morgan fingerprint density at radius 1 is 0.971 bits per heavy atom. The first kappa shape index (κ1) is 24.3. The Kier molecular flexibility index (Phi) is 6.07. The second-order valence-corrected chi connectivity index (χ2v) is 7.72. The van der Waals surface area contributed by atoms with Gasteiger partial charge in [0.15, 0.2) is 0 Å². The molecule has 12 heteroatoms. The SMILES string of the molecule is O=C(Nc1cc[nH]c(=O)c1)c1c(C2CCOc3cc(C(F)(F)F)ccc32)ccc(C(F)(F)F)c1F. The molecule has 4 rings (SSSR count). The van der Waals surface area contributed by atoms with Gasteiger partial charge in [-0.2, -0.15) is 26.3 Å². The van der Waals surface area contributed by atoms with E-state index >= 15 is 4.39 Å². The molecule has 1 aromatic heterocycles. The van der Waals surface area contributed by atoms with Crippen molar-refractivity contribution in [2.24, 2.45) is 0 Å². The second-order valence-electron chi connectivity index (χ2n) is 7.72. The first-order valence-electron chi connectivity index (χ1n) is 10.1. The van der Waals surface area contributed by atoms with Crippen LogP contribution in [0.5, 0.6) is 5.75 Å². The van der Waals surface area contributed by atoms with Gasteiger partial charge in [0, 0.05) is 29.4 Å². The van der Waals surface area contributed by atoms with E-state index in [1.54, 1.807) is 0 Å².